The van der Waals surface area contributed by atoms with Crippen LogP contribution in [0, 0.1) is 23.3 Å². The molecule has 0 aromatic heterocycles. The predicted octanol–water partition coefficient (Wildman–Crippen LogP) is 9.97. The first-order valence-electron chi connectivity index (χ1n) is 13.6. The number of benzene rings is 4. The van der Waals surface area contributed by atoms with Gasteiger partial charge in [0.25, 0.3) is 0 Å². The summed E-state index contributed by atoms with van der Waals surface area (Å²) in [6.45, 7) is 2.59. The zero-order valence-corrected chi connectivity index (χ0v) is 22.9. The Hall–Kier alpha value is -3.05. The summed E-state index contributed by atoms with van der Waals surface area (Å²) < 4.78 is 63.8. The van der Waals surface area contributed by atoms with Crippen molar-refractivity contribution in [3.05, 3.63) is 111 Å². The number of hydrogen-bond acceptors (Lipinski definition) is 1. The highest BCUT2D eigenvalue weighted by molar-refractivity contribution is 6.30. The highest BCUT2D eigenvalue weighted by Crippen LogP contribution is 2.26. The van der Waals surface area contributed by atoms with E-state index in [1.165, 1.54) is 30.7 Å². The van der Waals surface area contributed by atoms with Gasteiger partial charge in [-0.05, 0) is 66.3 Å². The lowest BCUT2D eigenvalue weighted by molar-refractivity contribution is 0.301. The zero-order valence-electron chi connectivity index (χ0n) is 22.1. The third-order valence-corrected chi connectivity index (χ3v) is 7.37. The van der Waals surface area contributed by atoms with E-state index in [1.54, 1.807) is 24.3 Å². The molecule has 0 saturated carbocycles. The van der Waals surface area contributed by atoms with Gasteiger partial charge in [-0.3, -0.25) is 0 Å². The van der Waals surface area contributed by atoms with E-state index in [4.69, 9.17) is 16.3 Å². The van der Waals surface area contributed by atoms with Crippen molar-refractivity contribution in [1.82, 2.24) is 0 Å². The summed E-state index contributed by atoms with van der Waals surface area (Å²) in [4.78, 5) is 0. The van der Waals surface area contributed by atoms with Crippen LogP contribution in [-0.4, -0.2) is 6.61 Å². The first-order valence-corrected chi connectivity index (χ1v) is 14.0. The van der Waals surface area contributed by atoms with Gasteiger partial charge in [-0.25, -0.2) is 17.6 Å². The van der Waals surface area contributed by atoms with Crippen LogP contribution in [0.2, 0.25) is 5.02 Å². The Morgan fingerprint density at radius 3 is 2.10 bits per heavy atom. The molecule has 0 aliphatic heterocycles. The normalized spacial score (nSPS) is 11.3. The molecule has 1 nitrogen and oxygen atoms in total. The van der Waals surface area contributed by atoms with Crippen LogP contribution < -0.4 is 4.74 Å². The van der Waals surface area contributed by atoms with Crippen molar-refractivity contribution in [1.29, 1.82) is 0 Å². The monoisotopic (exact) mass is 556 g/mol. The number of hydrogen-bond donors (Lipinski definition) is 0. The maximum Gasteiger partial charge on any atom is 0.142 e. The molecule has 39 heavy (non-hydrogen) atoms. The molecule has 0 radical (unpaired) electrons. The molecule has 0 atom stereocenters. The fraction of sp³-hybridized carbons (Fsp3) is 0.333. The van der Waals surface area contributed by atoms with Crippen LogP contribution >= 0.6 is 11.6 Å². The lowest BCUT2D eigenvalue weighted by Crippen LogP contribution is -2.03. The predicted molar refractivity (Wildman–Crippen MR) is 151 cm³/mol. The third kappa shape index (κ3) is 7.76. The number of halogens is 5. The second kappa shape index (κ2) is 13.8. The van der Waals surface area contributed by atoms with E-state index in [1.807, 2.05) is 12.1 Å². The van der Waals surface area contributed by atoms with Gasteiger partial charge < -0.3 is 4.74 Å². The molecule has 0 spiro atoms. The summed E-state index contributed by atoms with van der Waals surface area (Å²) >= 11 is 5.74. The molecular formula is C33H33ClF4O. The van der Waals surface area contributed by atoms with Crippen LogP contribution in [0.3, 0.4) is 0 Å². The number of fused-ring (bicyclic) bond motifs is 1. The minimum Gasteiger partial charge on any atom is -0.493 e. The van der Waals surface area contributed by atoms with Gasteiger partial charge >= 0.3 is 0 Å². The van der Waals surface area contributed by atoms with Gasteiger partial charge in [0.05, 0.1) is 11.6 Å². The van der Waals surface area contributed by atoms with Gasteiger partial charge in [0.1, 0.15) is 29.0 Å². The van der Waals surface area contributed by atoms with E-state index < -0.39 is 17.5 Å². The Morgan fingerprint density at radius 2 is 1.36 bits per heavy atom. The van der Waals surface area contributed by atoms with E-state index in [2.05, 4.69) is 6.92 Å². The number of unbranched alkanes of at least 4 members (excludes halogenated alkanes) is 4. The van der Waals surface area contributed by atoms with Crippen LogP contribution in [0.1, 0.15) is 61.3 Å². The topological polar surface area (TPSA) is 9.23 Å². The van der Waals surface area contributed by atoms with Gasteiger partial charge in [0.15, 0.2) is 0 Å². The fourth-order valence-corrected chi connectivity index (χ4v) is 4.89. The molecule has 6 heteroatoms. The molecule has 0 bridgehead atoms. The standard InChI is InChI=1S/C33H33ClF4O/c1-2-3-4-5-6-17-39-26-20-30(35)28(31(36)21-26)15-9-22-8-14-27-25(18-22)13-12-24(33(27)38)11-7-23-10-16-29(34)32(37)19-23/h8,10,12-14,16,18-21H,2-7,9,11,15,17H2,1H3. The summed E-state index contributed by atoms with van der Waals surface area (Å²) in [5, 5.41) is 1.26. The molecule has 0 unspecified atom stereocenters. The van der Waals surface area contributed by atoms with Gasteiger partial charge in [-0.2, -0.15) is 0 Å². The summed E-state index contributed by atoms with van der Waals surface area (Å²) in [7, 11) is 0. The average molecular weight is 557 g/mol. The Kier molecular flexibility index (Phi) is 10.3. The first-order chi connectivity index (χ1) is 18.9. The smallest absolute Gasteiger partial charge is 0.142 e. The third-order valence-electron chi connectivity index (χ3n) is 7.06. The van der Waals surface area contributed by atoms with Crippen molar-refractivity contribution < 1.29 is 22.3 Å². The highest BCUT2D eigenvalue weighted by Gasteiger charge is 2.14. The summed E-state index contributed by atoms with van der Waals surface area (Å²) in [6, 6.07) is 16.0. The second-order valence-corrected chi connectivity index (χ2v) is 10.4. The van der Waals surface area contributed by atoms with Crippen molar-refractivity contribution in [2.45, 2.75) is 64.7 Å². The Labute approximate surface area is 232 Å². The largest absolute Gasteiger partial charge is 0.493 e. The van der Waals surface area contributed by atoms with Crippen molar-refractivity contribution in [3.63, 3.8) is 0 Å². The van der Waals surface area contributed by atoms with Crippen LogP contribution in [0.15, 0.2) is 60.7 Å². The molecular weight excluding hydrogens is 524 g/mol. The molecule has 206 valence electrons. The van der Waals surface area contributed by atoms with Gasteiger partial charge in [-0.15, -0.1) is 0 Å². The molecule has 0 saturated heterocycles. The van der Waals surface area contributed by atoms with Crippen molar-refractivity contribution >= 4 is 22.4 Å². The molecule has 0 fully saturated rings. The highest BCUT2D eigenvalue weighted by atomic mass is 35.5. The summed E-state index contributed by atoms with van der Waals surface area (Å²) in [5.41, 5.74) is 2.16. The number of ether oxygens (including phenoxy) is 1. The second-order valence-electron chi connectivity index (χ2n) is 9.97. The summed E-state index contributed by atoms with van der Waals surface area (Å²) in [6.07, 6.45) is 6.86. The molecule has 0 aliphatic carbocycles. The molecule has 0 aliphatic rings. The van der Waals surface area contributed by atoms with Crippen LogP contribution in [0.5, 0.6) is 5.75 Å². The fourth-order valence-electron chi connectivity index (χ4n) is 4.78. The minimum absolute atomic E-state index is 0.0190. The maximum absolute atomic E-state index is 15.2. The van der Waals surface area contributed by atoms with Crippen LogP contribution in [0.25, 0.3) is 10.8 Å². The summed E-state index contributed by atoms with van der Waals surface area (Å²) in [5.74, 6) is -1.83. The molecule has 4 aromatic carbocycles. The molecule has 4 aromatic rings. The van der Waals surface area contributed by atoms with Gasteiger partial charge in [0, 0.05) is 23.1 Å². The quantitative estimate of drug-likeness (QED) is 0.118. The van der Waals surface area contributed by atoms with Crippen LogP contribution in [-0.2, 0) is 25.7 Å². The SMILES string of the molecule is CCCCCCCOc1cc(F)c(CCc2ccc3c(F)c(CCc4ccc(Cl)c(F)c4)ccc3c2)c(F)c1. The van der Waals surface area contributed by atoms with E-state index in [-0.39, 0.29) is 28.6 Å². The maximum atomic E-state index is 15.2. The lowest BCUT2D eigenvalue weighted by atomic mass is 9.97. The zero-order chi connectivity index (χ0) is 27.8. The van der Waals surface area contributed by atoms with Gasteiger partial charge in [0.2, 0.25) is 0 Å². The lowest BCUT2D eigenvalue weighted by Gasteiger charge is -2.11. The molecule has 4 rings (SSSR count). The van der Waals surface area contributed by atoms with E-state index in [0.717, 1.165) is 42.2 Å². The van der Waals surface area contributed by atoms with E-state index >= 15 is 4.39 Å². The van der Waals surface area contributed by atoms with E-state index in [9.17, 15) is 13.2 Å². The molecule has 0 N–H and O–H groups in total. The van der Waals surface area contributed by atoms with Crippen molar-refractivity contribution in [2.75, 3.05) is 6.61 Å². The van der Waals surface area contributed by atoms with Crippen molar-refractivity contribution in [3.8, 4) is 5.75 Å². The Morgan fingerprint density at radius 1 is 0.667 bits per heavy atom. The average Bonchev–Trinajstić information content (AvgIpc) is 2.91. The molecule has 0 amide bonds. The minimum atomic E-state index is -0.618. The Balaban J connectivity index is 1.37. The number of aryl methyl sites for hydroxylation is 3. The first kappa shape index (κ1) is 28.9. The van der Waals surface area contributed by atoms with Crippen LogP contribution in [0.4, 0.5) is 17.6 Å². The van der Waals surface area contributed by atoms with Crippen molar-refractivity contribution in [2.24, 2.45) is 0 Å². The van der Waals surface area contributed by atoms with Gasteiger partial charge in [-0.1, -0.05) is 80.6 Å². The Bertz CT molecular complexity index is 1400. The number of rotatable bonds is 13. The molecule has 0 heterocycles. The van der Waals surface area contributed by atoms with E-state index in [0.29, 0.717) is 36.8 Å².